The first-order chi connectivity index (χ1) is 22.8. The van der Waals surface area contributed by atoms with Crippen molar-refractivity contribution < 1.29 is 28.8 Å². The molecule has 1 heterocycles. The molecular weight excluding hydrogens is 612 g/mol. The number of piperidine rings is 1. The van der Waals surface area contributed by atoms with Crippen LogP contribution in [0.4, 0.5) is 0 Å². The molecule has 12 heteroatoms. The molecule has 1 aliphatic heterocycles. The Balaban J connectivity index is 1.24. The lowest BCUT2D eigenvalue weighted by Crippen LogP contribution is -2.59. The highest BCUT2D eigenvalue weighted by Gasteiger charge is 2.70. The van der Waals surface area contributed by atoms with Crippen LogP contribution in [0.25, 0.3) is 0 Å². The maximum Gasteiger partial charge on any atom is 0.290 e. The van der Waals surface area contributed by atoms with Gasteiger partial charge in [-0.15, -0.1) is 0 Å². The van der Waals surface area contributed by atoms with E-state index in [4.69, 9.17) is 0 Å². The summed E-state index contributed by atoms with van der Waals surface area (Å²) < 4.78 is 0. The summed E-state index contributed by atoms with van der Waals surface area (Å²) in [7, 11) is 4.97. The summed E-state index contributed by atoms with van der Waals surface area (Å²) in [6.45, 7) is 6.15. The Morgan fingerprint density at radius 3 is 2.19 bits per heavy atom. The first kappa shape index (κ1) is 35.5. The van der Waals surface area contributed by atoms with Crippen LogP contribution in [0, 0.1) is 35.0 Å². The van der Waals surface area contributed by atoms with Crippen LogP contribution >= 0.6 is 0 Å². The van der Waals surface area contributed by atoms with E-state index in [2.05, 4.69) is 35.1 Å². The van der Waals surface area contributed by atoms with Gasteiger partial charge in [0.1, 0.15) is 18.1 Å². The minimum atomic E-state index is -1.07. The third kappa shape index (κ3) is 7.28. The Morgan fingerprint density at radius 2 is 1.60 bits per heavy atom. The van der Waals surface area contributed by atoms with Gasteiger partial charge in [-0.2, -0.15) is 0 Å². The molecule has 3 aliphatic carbocycles. The topological polar surface area (TPSA) is 157 Å². The van der Waals surface area contributed by atoms with Gasteiger partial charge in [-0.1, -0.05) is 70.4 Å². The molecule has 5 amide bonds. The van der Waals surface area contributed by atoms with Crippen molar-refractivity contribution in [2.24, 2.45) is 35.0 Å². The largest absolute Gasteiger partial charge is 0.347 e. The first-order valence-electron chi connectivity index (χ1n) is 17.4. The zero-order chi connectivity index (χ0) is 34.9. The molecule has 1 aromatic carbocycles. The number of rotatable bonds is 13. The summed E-state index contributed by atoms with van der Waals surface area (Å²) in [5, 5.41) is 11.2. The van der Waals surface area contributed by atoms with Crippen molar-refractivity contribution >= 4 is 35.3 Å². The van der Waals surface area contributed by atoms with Crippen LogP contribution in [0.2, 0.25) is 0 Å². The van der Waals surface area contributed by atoms with Gasteiger partial charge in [-0.25, -0.2) is 0 Å². The number of fused-ring (bicyclic) bond motifs is 1. The molecule has 0 radical (unpaired) electrons. The number of hydrogen-bond acceptors (Lipinski definition) is 7. The normalized spacial score (nSPS) is 27.5. The molecule has 3 saturated carbocycles. The predicted octanol–water partition coefficient (Wildman–Crippen LogP) is 1.41. The van der Waals surface area contributed by atoms with E-state index in [1.807, 2.05) is 6.92 Å². The summed E-state index contributed by atoms with van der Waals surface area (Å²) in [4.78, 5) is 83.5. The van der Waals surface area contributed by atoms with E-state index in [1.165, 1.54) is 11.3 Å². The molecule has 262 valence electrons. The Bertz CT molecular complexity index is 1410. The molecule has 4 aliphatic rings. The summed E-state index contributed by atoms with van der Waals surface area (Å²) in [5.74, 6) is -2.98. The van der Waals surface area contributed by atoms with E-state index in [9.17, 15) is 28.8 Å². The fourth-order valence-electron chi connectivity index (χ4n) is 8.23. The highest BCUT2D eigenvalue weighted by atomic mass is 16.2. The zero-order valence-corrected chi connectivity index (χ0v) is 29.1. The quantitative estimate of drug-likeness (QED) is 0.232. The number of likely N-dealkylation sites (N-methyl/N-ethyl adjacent to an activating group) is 2. The number of carbonyl (C=O) groups is 6. The minimum absolute atomic E-state index is 0.0300. The van der Waals surface area contributed by atoms with Crippen LogP contribution < -0.4 is 21.3 Å². The van der Waals surface area contributed by atoms with Gasteiger partial charge < -0.3 is 31.1 Å². The van der Waals surface area contributed by atoms with Gasteiger partial charge >= 0.3 is 0 Å². The summed E-state index contributed by atoms with van der Waals surface area (Å²) in [6, 6.07) is 5.63. The van der Waals surface area contributed by atoms with Gasteiger partial charge in [-0.3, -0.25) is 28.8 Å². The first-order valence-corrected chi connectivity index (χ1v) is 17.4. The van der Waals surface area contributed by atoms with E-state index in [-0.39, 0.29) is 52.9 Å². The molecule has 1 aromatic rings. The standard InChI is InChI=1S/C36H52N6O6/c1-20-17-23(20)29(31(44)33(46)38-18-25(43)39-28(34(47)41(5)6)22-15-11-8-12-16-22)40-32(45)30-26-24(36(26,2)3)19-42(30)35(48)27(37-4)21-13-9-7-10-14-21/h8,11-12,15-16,20-21,23-24,26-30,37H,7,9-10,13-14,17-19H2,1-6H3,(H,38,46)(H,39,43)(H,40,45)/t20-,23+,24+,26+,27+,28?,29+,30+/m1/s1. The lowest BCUT2D eigenvalue weighted by molar-refractivity contribution is -0.145. The molecule has 48 heavy (non-hydrogen) atoms. The molecular formula is C36H52N6O6. The van der Waals surface area contributed by atoms with Crippen LogP contribution in [0.15, 0.2) is 30.3 Å². The van der Waals surface area contributed by atoms with Gasteiger partial charge in [-0.05, 0) is 66.9 Å². The van der Waals surface area contributed by atoms with Crippen molar-refractivity contribution in [2.75, 3.05) is 34.2 Å². The molecule has 1 saturated heterocycles. The lowest BCUT2D eigenvalue weighted by atomic mass is 9.83. The average molecular weight is 665 g/mol. The maximum atomic E-state index is 14.1. The van der Waals surface area contributed by atoms with Crippen LogP contribution in [0.3, 0.4) is 0 Å². The van der Waals surface area contributed by atoms with E-state index >= 15 is 0 Å². The third-order valence-corrected chi connectivity index (χ3v) is 11.4. The van der Waals surface area contributed by atoms with Crippen molar-refractivity contribution in [1.29, 1.82) is 0 Å². The number of ketones is 1. The number of carbonyl (C=O) groups excluding carboxylic acids is 6. The molecule has 0 bridgehead atoms. The summed E-state index contributed by atoms with van der Waals surface area (Å²) in [6.07, 6.45) is 5.97. The minimum Gasteiger partial charge on any atom is -0.347 e. The molecule has 0 spiro atoms. The molecule has 4 N–H and O–H groups in total. The Labute approximate surface area is 283 Å². The fraction of sp³-hybridized carbons (Fsp3) is 0.667. The Hall–Kier alpha value is -3.80. The number of Topliss-reactive ketones (excluding diaryl/α,β-unsaturated/α-hetero) is 1. The fourth-order valence-corrected chi connectivity index (χ4v) is 8.23. The average Bonchev–Trinajstić information content (AvgIpc) is 3.84. The van der Waals surface area contributed by atoms with E-state index in [0.29, 0.717) is 18.5 Å². The van der Waals surface area contributed by atoms with Crippen LogP contribution in [-0.2, 0) is 28.8 Å². The second-order valence-corrected chi connectivity index (χ2v) is 15.1. The Kier molecular flexibility index (Phi) is 10.6. The number of amides is 5. The Morgan fingerprint density at radius 1 is 0.958 bits per heavy atom. The van der Waals surface area contributed by atoms with Crippen LogP contribution in [0.1, 0.15) is 70.9 Å². The van der Waals surface area contributed by atoms with Gasteiger partial charge in [0.2, 0.25) is 29.4 Å². The monoisotopic (exact) mass is 664 g/mol. The highest BCUT2D eigenvalue weighted by molar-refractivity contribution is 6.38. The van der Waals surface area contributed by atoms with Crippen molar-refractivity contribution in [2.45, 2.75) is 83.5 Å². The zero-order valence-electron chi connectivity index (χ0n) is 29.1. The second-order valence-electron chi connectivity index (χ2n) is 15.1. The van der Waals surface area contributed by atoms with Crippen molar-refractivity contribution in [3.63, 3.8) is 0 Å². The molecule has 4 fully saturated rings. The second kappa shape index (κ2) is 14.4. The van der Waals surface area contributed by atoms with Gasteiger partial charge in [0, 0.05) is 20.6 Å². The van der Waals surface area contributed by atoms with Gasteiger partial charge in [0.15, 0.2) is 0 Å². The number of nitrogens with zero attached hydrogens (tertiary/aromatic N) is 2. The van der Waals surface area contributed by atoms with Crippen molar-refractivity contribution in [1.82, 2.24) is 31.1 Å². The molecule has 8 atom stereocenters. The summed E-state index contributed by atoms with van der Waals surface area (Å²) >= 11 is 0. The van der Waals surface area contributed by atoms with Gasteiger partial charge in [0.25, 0.3) is 5.91 Å². The van der Waals surface area contributed by atoms with Crippen molar-refractivity contribution in [3.05, 3.63) is 35.9 Å². The van der Waals surface area contributed by atoms with Crippen molar-refractivity contribution in [3.8, 4) is 0 Å². The van der Waals surface area contributed by atoms with Gasteiger partial charge in [0.05, 0.1) is 12.6 Å². The maximum absolute atomic E-state index is 14.1. The van der Waals surface area contributed by atoms with E-state index < -0.39 is 48.2 Å². The van der Waals surface area contributed by atoms with Crippen LogP contribution in [-0.4, -0.2) is 97.5 Å². The number of nitrogens with one attached hydrogen (secondary N) is 4. The SMILES string of the molecule is CN[C@H](C(=O)N1C[C@H]2[C@@H]([C@H]1C(=O)N[C@H](C(=O)C(=O)NCC(=O)NC(C(=O)N(C)C)c1ccccc1)[C@H]1C[C@H]1C)C2(C)C)C1CCCCC1. The van der Waals surface area contributed by atoms with E-state index in [1.54, 1.807) is 56.4 Å². The number of likely N-dealkylation sites (tertiary alicyclic amines) is 1. The van der Waals surface area contributed by atoms with Crippen LogP contribution in [0.5, 0.6) is 0 Å². The molecule has 12 nitrogen and oxygen atoms in total. The highest BCUT2D eigenvalue weighted by Crippen LogP contribution is 2.65. The molecule has 1 unspecified atom stereocenters. The third-order valence-electron chi connectivity index (χ3n) is 11.4. The van der Waals surface area contributed by atoms with E-state index in [0.717, 1.165) is 25.7 Å². The number of hydrogen-bond donors (Lipinski definition) is 4. The predicted molar refractivity (Wildman–Crippen MR) is 179 cm³/mol. The summed E-state index contributed by atoms with van der Waals surface area (Å²) in [5.41, 5.74) is 0.472. The smallest absolute Gasteiger partial charge is 0.290 e. The number of benzene rings is 1. The molecule has 0 aromatic heterocycles. The lowest BCUT2D eigenvalue weighted by Gasteiger charge is -2.36. The molecule has 5 rings (SSSR count).